The van der Waals surface area contributed by atoms with Crippen LogP contribution in [0.4, 0.5) is 5.69 Å². The minimum absolute atomic E-state index is 0.0341. The maximum atomic E-state index is 12.3. The molecule has 0 unspecified atom stereocenters. The Hall–Kier alpha value is -2.04. The van der Waals surface area contributed by atoms with E-state index in [2.05, 4.69) is 10.6 Å². The van der Waals surface area contributed by atoms with Gasteiger partial charge >= 0.3 is 0 Å². The number of carbonyl (C=O) groups is 2. The van der Waals surface area contributed by atoms with Crippen LogP contribution in [-0.2, 0) is 4.79 Å². The number of anilines is 1. The molecule has 1 heterocycles. The van der Waals surface area contributed by atoms with Gasteiger partial charge in [0.1, 0.15) is 0 Å². The molecule has 2 amide bonds. The maximum absolute atomic E-state index is 12.3. The summed E-state index contributed by atoms with van der Waals surface area (Å²) in [5.41, 5.74) is 1.47. The van der Waals surface area contributed by atoms with Crippen molar-refractivity contribution in [3.8, 4) is 0 Å². The van der Waals surface area contributed by atoms with Crippen molar-refractivity contribution in [3.05, 3.63) is 29.8 Å². The molecule has 114 valence electrons. The Kier molecular flexibility index (Phi) is 5.60. The van der Waals surface area contributed by atoms with Crippen LogP contribution in [0.2, 0.25) is 0 Å². The van der Waals surface area contributed by atoms with Crippen LogP contribution in [0.1, 0.15) is 36.5 Å². The van der Waals surface area contributed by atoms with E-state index in [9.17, 15) is 9.59 Å². The first-order valence-electron chi connectivity index (χ1n) is 7.60. The fraction of sp³-hybridized carbons (Fsp3) is 0.500. The van der Waals surface area contributed by atoms with E-state index in [-0.39, 0.29) is 18.4 Å². The molecule has 5 nitrogen and oxygen atoms in total. The standard InChI is InChI=1S/C16H23N3O2/c1-2-8-17-15(20)12-18-14-7-5-6-13(11-14)16(21)19-9-3-4-10-19/h5-7,11,18H,2-4,8-10,12H2,1H3,(H,17,20). The van der Waals surface area contributed by atoms with Gasteiger partial charge in [0.15, 0.2) is 0 Å². The van der Waals surface area contributed by atoms with Crippen LogP contribution in [0.25, 0.3) is 0 Å². The molecule has 0 spiro atoms. The highest BCUT2D eigenvalue weighted by Gasteiger charge is 2.19. The van der Waals surface area contributed by atoms with Gasteiger partial charge in [-0.3, -0.25) is 9.59 Å². The van der Waals surface area contributed by atoms with Gasteiger partial charge in [0, 0.05) is 30.9 Å². The third-order valence-corrected chi connectivity index (χ3v) is 3.53. The lowest BCUT2D eigenvalue weighted by molar-refractivity contribution is -0.119. The summed E-state index contributed by atoms with van der Waals surface area (Å²) in [5, 5.41) is 5.86. The first-order valence-corrected chi connectivity index (χ1v) is 7.60. The number of rotatable bonds is 6. The van der Waals surface area contributed by atoms with Crippen molar-refractivity contribution < 1.29 is 9.59 Å². The van der Waals surface area contributed by atoms with Gasteiger partial charge in [-0.15, -0.1) is 0 Å². The van der Waals surface area contributed by atoms with Crippen molar-refractivity contribution in [3.63, 3.8) is 0 Å². The molecule has 1 aromatic rings. The molecule has 1 aromatic carbocycles. The number of likely N-dealkylation sites (tertiary alicyclic amines) is 1. The first-order chi connectivity index (χ1) is 10.2. The monoisotopic (exact) mass is 289 g/mol. The minimum atomic E-state index is -0.0341. The maximum Gasteiger partial charge on any atom is 0.253 e. The second-order valence-electron chi connectivity index (χ2n) is 5.28. The van der Waals surface area contributed by atoms with Crippen molar-refractivity contribution in [1.29, 1.82) is 0 Å². The molecule has 0 radical (unpaired) electrons. The summed E-state index contributed by atoms with van der Waals surface area (Å²) in [5.74, 6) is 0.0414. The molecule has 5 heteroatoms. The van der Waals surface area contributed by atoms with Crippen molar-refractivity contribution in [1.82, 2.24) is 10.2 Å². The van der Waals surface area contributed by atoms with E-state index in [0.29, 0.717) is 12.1 Å². The third-order valence-electron chi connectivity index (χ3n) is 3.53. The Balaban J connectivity index is 1.91. The highest BCUT2D eigenvalue weighted by Crippen LogP contribution is 2.16. The van der Waals surface area contributed by atoms with Gasteiger partial charge in [0.05, 0.1) is 6.54 Å². The molecule has 0 aliphatic carbocycles. The fourth-order valence-electron chi connectivity index (χ4n) is 2.37. The van der Waals surface area contributed by atoms with Crippen molar-refractivity contribution in [2.75, 3.05) is 31.5 Å². The summed E-state index contributed by atoms with van der Waals surface area (Å²) in [7, 11) is 0. The zero-order chi connectivity index (χ0) is 15.1. The Morgan fingerprint density at radius 3 is 2.71 bits per heavy atom. The average Bonchev–Trinajstić information content (AvgIpc) is 3.04. The van der Waals surface area contributed by atoms with Crippen LogP contribution in [0.15, 0.2) is 24.3 Å². The lowest BCUT2D eigenvalue weighted by atomic mass is 10.1. The molecule has 0 aromatic heterocycles. The molecule has 0 bridgehead atoms. The van der Waals surface area contributed by atoms with E-state index in [0.717, 1.165) is 38.0 Å². The number of nitrogens with one attached hydrogen (secondary N) is 2. The Morgan fingerprint density at radius 1 is 1.24 bits per heavy atom. The van der Waals surface area contributed by atoms with Gasteiger partial charge in [0.2, 0.25) is 5.91 Å². The van der Waals surface area contributed by atoms with Crippen molar-refractivity contribution >= 4 is 17.5 Å². The van der Waals surface area contributed by atoms with Gasteiger partial charge in [-0.2, -0.15) is 0 Å². The van der Waals surface area contributed by atoms with Crippen LogP contribution in [0.3, 0.4) is 0 Å². The quantitative estimate of drug-likeness (QED) is 0.840. The van der Waals surface area contributed by atoms with Crippen LogP contribution >= 0.6 is 0 Å². The number of amides is 2. The Labute approximate surface area is 125 Å². The van der Waals surface area contributed by atoms with E-state index in [1.165, 1.54) is 0 Å². The SMILES string of the molecule is CCCNC(=O)CNc1cccc(C(=O)N2CCCC2)c1. The molecule has 1 aliphatic heterocycles. The minimum Gasteiger partial charge on any atom is -0.376 e. The summed E-state index contributed by atoms with van der Waals surface area (Å²) in [6, 6.07) is 7.35. The van der Waals surface area contributed by atoms with E-state index in [1.54, 1.807) is 0 Å². The molecule has 0 saturated carbocycles. The molecule has 2 rings (SSSR count). The average molecular weight is 289 g/mol. The summed E-state index contributed by atoms with van der Waals surface area (Å²) in [6.45, 7) is 4.61. The van der Waals surface area contributed by atoms with Crippen LogP contribution in [0.5, 0.6) is 0 Å². The van der Waals surface area contributed by atoms with Crippen LogP contribution in [0, 0.1) is 0 Å². The van der Waals surface area contributed by atoms with Crippen molar-refractivity contribution in [2.45, 2.75) is 26.2 Å². The predicted molar refractivity (Wildman–Crippen MR) is 83.4 cm³/mol. The fourth-order valence-corrected chi connectivity index (χ4v) is 2.37. The van der Waals surface area contributed by atoms with Crippen LogP contribution in [-0.4, -0.2) is 42.9 Å². The Bertz CT molecular complexity index is 496. The van der Waals surface area contributed by atoms with Gasteiger partial charge in [-0.25, -0.2) is 0 Å². The summed E-state index contributed by atoms with van der Waals surface area (Å²) < 4.78 is 0. The molecular formula is C16H23N3O2. The van der Waals surface area contributed by atoms with Gasteiger partial charge in [0.25, 0.3) is 5.91 Å². The number of hydrogen-bond acceptors (Lipinski definition) is 3. The zero-order valence-electron chi connectivity index (χ0n) is 12.5. The smallest absolute Gasteiger partial charge is 0.253 e. The van der Waals surface area contributed by atoms with E-state index >= 15 is 0 Å². The van der Waals surface area contributed by atoms with Gasteiger partial charge < -0.3 is 15.5 Å². The lowest BCUT2D eigenvalue weighted by Crippen LogP contribution is -2.30. The topological polar surface area (TPSA) is 61.4 Å². The Morgan fingerprint density at radius 2 is 2.00 bits per heavy atom. The predicted octanol–water partition coefficient (Wildman–Crippen LogP) is 1.86. The molecule has 2 N–H and O–H groups in total. The highest BCUT2D eigenvalue weighted by atomic mass is 16.2. The van der Waals surface area contributed by atoms with E-state index < -0.39 is 0 Å². The molecule has 1 aliphatic rings. The lowest BCUT2D eigenvalue weighted by Gasteiger charge is -2.16. The van der Waals surface area contributed by atoms with Gasteiger partial charge in [-0.05, 0) is 37.5 Å². The summed E-state index contributed by atoms with van der Waals surface area (Å²) >= 11 is 0. The second-order valence-corrected chi connectivity index (χ2v) is 5.28. The van der Waals surface area contributed by atoms with E-state index in [1.807, 2.05) is 36.1 Å². The van der Waals surface area contributed by atoms with Crippen molar-refractivity contribution in [2.24, 2.45) is 0 Å². The van der Waals surface area contributed by atoms with E-state index in [4.69, 9.17) is 0 Å². The summed E-state index contributed by atoms with van der Waals surface area (Å²) in [4.78, 5) is 25.7. The second kappa shape index (κ2) is 7.67. The highest BCUT2D eigenvalue weighted by molar-refractivity contribution is 5.95. The number of carbonyl (C=O) groups excluding carboxylic acids is 2. The third kappa shape index (κ3) is 4.48. The summed E-state index contributed by atoms with van der Waals surface area (Å²) in [6.07, 6.45) is 3.09. The van der Waals surface area contributed by atoms with Gasteiger partial charge in [-0.1, -0.05) is 13.0 Å². The molecule has 1 fully saturated rings. The molecule has 1 saturated heterocycles. The number of hydrogen-bond donors (Lipinski definition) is 2. The zero-order valence-corrected chi connectivity index (χ0v) is 12.5. The molecule has 0 atom stereocenters. The number of nitrogens with zero attached hydrogens (tertiary/aromatic N) is 1. The normalized spacial score (nSPS) is 14.0. The largest absolute Gasteiger partial charge is 0.376 e. The number of benzene rings is 1. The molecular weight excluding hydrogens is 266 g/mol. The van der Waals surface area contributed by atoms with Crippen LogP contribution < -0.4 is 10.6 Å². The molecule has 21 heavy (non-hydrogen) atoms. The first kappa shape index (κ1) is 15.4.